The molecule has 154 valence electrons. The van der Waals surface area contributed by atoms with E-state index in [1.54, 1.807) is 36.4 Å². The van der Waals surface area contributed by atoms with Gasteiger partial charge in [0.2, 0.25) is 0 Å². The van der Waals surface area contributed by atoms with Gasteiger partial charge in [-0.15, -0.1) is 0 Å². The van der Waals surface area contributed by atoms with Gasteiger partial charge < -0.3 is 18.9 Å². The van der Waals surface area contributed by atoms with Crippen LogP contribution in [-0.4, -0.2) is 45.4 Å². The van der Waals surface area contributed by atoms with E-state index in [4.69, 9.17) is 18.9 Å². The number of amides is 2. The molecular weight excluding hydrogens is 376 g/mol. The molecule has 1 aliphatic heterocycles. The van der Waals surface area contributed by atoms with Crippen LogP contribution in [0.4, 0.5) is 0 Å². The highest BCUT2D eigenvalue weighted by Gasteiger charge is 2.16. The van der Waals surface area contributed by atoms with Gasteiger partial charge in [0.1, 0.15) is 12.4 Å². The molecule has 29 heavy (non-hydrogen) atoms. The summed E-state index contributed by atoms with van der Waals surface area (Å²) in [5.74, 6) is 0.673. The zero-order valence-electron chi connectivity index (χ0n) is 16.4. The van der Waals surface area contributed by atoms with E-state index >= 15 is 0 Å². The third-order valence-electron chi connectivity index (χ3n) is 4.51. The van der Waals surface area contributed by atoms with Crippen molar-refractivity contribution in [2.45, 2.75) is 18.9 Å². The minimum absolute atomic E-state index is 0.129. The van der Waals surface area contributed by atoms with Crippen LogP contribution in [0.25, 0.3) is 0 Å². The zero-order valence-corrected chi connectivity index (χ0v) is 16.4. The molecule has 0 bridgehead atoms. The Labute approximate surface area is 169 Å². The molecule has 2 aromatic carbocycles. The monoisotopic (exact) mass is 400 g/mol. The van der Waals surface area contributed by atoms with Crippen LogP contribution in [0.2, 0.25) is 0 Å². The maximum absolute atomic E-state index is 12.3. The third kappa shape index (κ3) is 5.39. The highest BCUT2D eigenvalue weighted by molar-refractivity contribution is 5.99. The van der Waals surface area contributed by atoms with Crippen LogP contribution in [0.3, 0.4) is 0 Å². The molecule has 1 aliphatic rings. The number of methoxy groups -OCH3 is 2. The summed E-state index contributed by atoms with van der Waals surface area (Å²) in [6, 6.07) is 11.4. The average Bonchev–Trinajstić information content (AvgIpc) is 3.29. The molecule has 8 nitrogen and oxygen atoms in total. The fourth-order valence-electron chi connectivity index (χ4n) is 2.90. The molecule has 8 heteroatoms. The van der Waals surface area contributed by atoms with Crippen LogP contribution in [-0.2, 0) is 4.74 Å². The van der Waals surface area contributed by atoms with Gasteiger partial charge in [0.15, 0.2) is 11.5 Å². The lowest BCUT2D eigenvalue weighted by Crippen LogP contribution is -2.41. The van der Waals surface area contributed by atoms with Gasteiger partial charge in [0.05, 0.1) is 20.3 Å². The highest BCUT2D eigenvalue weighted by atomic mass is 16.5. The average molecular weight is 400 g/mol. The van der Waals surface area contributed by atoms with E-state index in [0.29, 0.717) is 35.0 Å². The number of carbonyl (C=O) groups is 2. The van der Waals surface area contributed by atoms with Crippen molar-refractivity contribution >= 4 is 11.8 Å². The van der Waals surface area contributed by atoms with Gasteiger partial charge in [-0.2, -0.15) is 0 Å². The summed E-state index contributed by atoms with van der Waals surface area (Å²) in [7, 11) is 2.99. The Morgan fingerprint density at radius 3 is 2.24 bits per heavy atom. The van der Waals surface area contributed by atoms with Crippen molar-refractivity contribution < 1.29 is 28.5 Å². The molecule has 3 rings (SSSR count). The number of rotatable bonds is 7. The molecule has 1 heterocycles. The lowest BCUT2D eigenvalue weighted by molar-refractivity contribution is 0.0679. The standard InChI is InChI=1S/C21H24N2O6/c1-26-18-10-7-15(12-19(18)27-2)21(25)23-22-20(24)14-5-8-16(9-6-14)29-13-17-4-3-11-28-17/h5-10,12,17H,3-4,11,13H2,1-2H3,(H,22,24)(H,23,25)/t17-/m1/s1. The Bertz CT molecular complexity index is 847. The molecule has 2 amide bonds. The fourth-order valence-corrected chi connectivity index (χ4v) is 2.90. The fraction of sp³-hybridized carbons (Fsp3) is 0.333. The van der Waals surface area contributed by atoms with Crippen molar-refractivity contribution in [3.63, 3.8) is 0 Å². The summed E-state index contributed by atoms with van der Waals surface area (Å²) in [4.78, 5) is 24.5. The summed E-state index contributed by atoms with van der Waals surface area (Å²) in [5, 5.41) is 0. The third-order valence-corrected chi connectivity index (χ3v) is 4.51. The Morgan fingerprint density at radius 1 is 0.966 bits per heavy atom. The predicted octanol–water partition coefficient (Wildman–Crippen LogP) is 2.34. The van der Waals surface area contributed by atoms with Crippen molar-refractivity contribution in [2.75, 3.05) is 27.4 Å². The second-order valence-electron chi connectivity index (χ2n) is 6.45. The molecule has 1 saturated heterocycles. The van der Waals surface area contributed by atoms with E-state index in [2.05, 4.69) is 10.9 Å². The van der Waals surface area contributed by atoms with Crippen LogP contribution in [0.5, 0.6) is 17.2 Å². The number of hydrazine groups is 1. The molecule has 1 fully saturated rings. The first-order chi connectivity index (χ1) is 14.1. The van der Waals surface area contributed by atoms with Crippen molar-refractivity contribution in [3.05, 3.63) is 53.6 Å². The molecule has 0 unspecified atom stereocenters. The van der Waals surface area contributed by atoms with Gasteiger partial charge in [-0.25, -0.2) is 0 Å². The van der Waals surface area contributed by atoms with Crippen LogP contribution in [0, 0.1) is 0 Å². The summed E-state index contributed by atoms with van der Waals surface area (Å²) in [6.45, 7) is 1.27. The van der Waals surface area contributed by atoms with Gasteiger partial charge >= 0.3 is 0 Å². The Hall–Kier alpha value is -3.26. The maximum Gasteiger partial charge on any atom is 0.269 e. The van der Waals surface area contributed by atoms with Crippen LogP contribution >= 0.6 is 0 Å². The van der Waals surface area contributed by atoms with Gasteiger partial charge in [-0.1, -0.05) is 0 Å². The quantitative estimate of drug-likeness (QED) is 0.693. The summed E-state index contributed by atoms with van der Waals surface area (Å²) < 4.78 is 21.5. The lowest BCUT2D eigenvalue weighted by atomic mass is 10.2. The van der Waals surface area contributed by atoms with Gasteiger partial charge in [0.25, 0.3) is 11.8 Å². The van der Waals surface area contributed by atoms with Crippen LogP contribution in [0.15, 0.2) is 42.5 Å². The van der Waals surface area contributed by atoms with Crippen LogP contribution < -0.4 is 25.1 Å². The summed E-state index contributed by atoms with van der Waals surface area (Å²) >= 11 is 0. The number of ether oxygens (including phenoxy) is 4. The molecule has 0 radical (unpaired) electrons. The van der Waals surface area contributed by atoms with E-state index < -0.39 is 11.8 Å². The molecule has 0 saturated carbocycles. The Kier molecular flexibility index (Phi) is 6.91. The lowest BCUT2D eigenvalue weighted by Gasteiger charge is -2.12. The number of hydrogen-bond donors (Lipinski definition) is 2. The van der Waals surface area contributed by atoms with Crippen molar-refractivity contribution in [3.8, 4) is 17.2 Å². The van der Waals surface area contributed by atoms with Crippen LogP contribution in [0.1, 0.15) is 33.6 Å². The normalized spacial score (nSPS) is 15.4. The molecule has 1 atom stereocenters. The van der Waals surface area contributed by atoms with E-state index in [9.17, 15) is 9.59 Å². The SMILES string of the molecule is COc1ccc(C(=O)NNC(=O)c2ccc(OC[C@H]3CCCO3)cc2)cc1OC. The molecular formula is C21H24N2O6. The van der Waals surface area contributed by atoms with Crippen molar-refractivity contribution in [2.24, 2.45) is 0 Å². The first-order valence-corrected chi connectivity index (χ1v) is 9.28. The van der Waals surface area contributed by atoms with Gasteiger partial charge in [-0.3, -0.25) is 20.4 Å². The zero-order chi connectivity index (χ0) is 20.6. The second-order valence-corrected chi connectivity index (χ2v) is 6.45. The Balaban J connectivity index is 1.51. The number of carbonyl (C=O) groups excluding carboxylic acids is 2. The second kappa shape index (κ2) is 9.79. The maximum atomic E-state index is 12.3. The topological polar surface area (TPSA) is 95.1 Å². The Morgan fingerprint density at radius 2 is 1.62 bits per heavy atom. The minimum Gasteiger partial charge on any atom is -0.493 e. The van der Waals surface area contributed by atoms with E-state index in [-0.39, 0.29) is 6.10 Å². The summed E-state index contributed by atoms with van der Waals surface area (Å²) in [5.41, 5.74) is 5.48. The largest absolute Gasteiger partial charge is 0.493 e. The number of nitrogens with one attached hydrogen (secondary N) is 2. The van der Waals surface area contributed by atoms with E-state index in [0.717, 1.165) is 19.4 Å². The first kappa shape index (κ1) is 20.5. The van der Waals surface area contributed by atoms with E-state index in [1.165, 1.54) is 20.3 Å². The number of hydrogen-bond acceptors (Lipinski definition) is 6. The summed E-state index contributed by atoms with van der Waals surface area (Å²) in [6.07, 6.45) is 2.19. The predicted molar refractivity (Wildman–Crippen MR) is 105 cm³/mol. The molecule has 0 spiro atoms. The highest BCUT2D eigenvalue weighted by Crippen LogP contribution is 2.27. The van der Waals surface area contributed by atoms with E-state index in [1.807, 2.05) is 0 Å². The van der Waals surface area contributed by atoms with Gasteiger partial charge in [0, 0.05) is 17.7 Å². The molecule has 2 N–H and O–H groups in total. The first-order valence-electron chi connectivity index (χ1n) is 9.28. The smallest absolute Gasteiger partial charge is 0.269 e. The van der Waals surface area contributed by atoms with Gasteiger partial charge in [-0.05, 0) is 55.3 Å². The molecule has 0 aromatic heterocycles. The minimum atomic E-state index is -0.476. The van der Waals surface area contributed by atoms with Crippen molar-refractivity contribution in [1.29, 1.82) is 0 Å². The molecule has 0 aliphatic carbocycles. The van der Waals surface area contributed by atoms with Crippen molar-refractivity contribution in [1.82, 2.24) is 10.9 Å². The molecule has 2 aromatic rings. The number of benzene rings is 2.